The lowest BCUT2D eigenvalue weighted by atomic mass is 9.96. The van der Waals surface area contributed by atoms with Gasteiger partial charge in [-0.2, -0.15) is 0 Å². The molecule has 0 unspecified atom stereocenters. The Morgan fingerprint density at radius 1 is 1.15 bits per heavy atom. The summed E-state index contributed by atoms with van der Waals surface area (Å²) in [4.78, 5) is 2.62. The first-order chi connectivity index (χ1) is 6.09. The molecule has 2 rings (SSSR count). The molecular weight excluding hydrogens is 164 g/mol. The number of hydrogen-bond donors (Lipinski definition) is 1. The lowest BCUT2D eigenvalue weighted by Gasteiger charge is -2.52. The van der Waals surface area contributed by atoms with Crippen LogP contribution in [0.4, 0.5) is 0 Å². The zero-order chi connectivity index (χ0) is 9.47. The van der Waals surface area contributed by atoms with Crippen LogP contribution in [-0.2, 0) is 4.74 Å². The Bertz CT molecular complexity index is 166. The lowest BCUT2D eigenvalue weighted by molar-refractivity contribution is -0.104. The molecule has 0 spiro atoms. The Morgan fingerprint density at radius 2 is 1.69 bits per heavy atom. The highest BCUT2D eigenvalue weighted by atomic mass is 16.5. The standard InChI is InChI=1S/C10H20N2O/c1-10(2,3)12-8-4-11-5-9(12)7-13-6-8/h8-9,11H,4-7H2,1-3H3/t8-,9-/m1/s1. The number of morpholine rings is 1. The first kappa shape index (κ1) is 9.44. The molecule has 2 bridgehead atoms. The van der Waals surface area contributed by atoms with Gasteiger partial charge < -0.3 is 10.1 Å². The van der Waals surface area contributed by atoms with Gasteiger partial charge in [0.05, 0.1) is 13.2 Å². The highest BCUT2D eigenvalue weighted by molar-refractivity contribution is 4.96. The van der Waals surface area contributed by atoms with Crippen molar-refractivity contribution in [1.29, 1.82) is 0 Å². The molecule has 2 aliphatic heterocycles. The van der Waals surface area contributed by atoms with Gasteiger partial charge in [0, 0.05) is 30.7 Å². The van der Waals surface area contributed by atoms with Gasteiger partial charge in [-0.25, -0.2) is 0 Å². The van der Waals surface area contributed by atoms with E-state index in [1.807, 2.05) is 0 Å². The van der Waals surface area contributed by atoms with Crippen LogP contribution in [0.15, 0.2) is 0 Å². The summed E-state index contributed by atoms with van der Waals surface area (Å²) in [7, 11) is 0. The number of hydrogen-bond acceptors (Lipinski definition) is 3. The van der Waals surface area contributed by atoms with Crippen molar-refractivity contribution in [2.75, 3.05) is 26.3 Å². The van der Waals surface area contributed by atoms with E-state index < -0.39 is 0 Å². The summed E-state index contributed by atoms with van der Waals surface area (Å²) in [6.07, 6.45) is 0. The second-order valence-electron chi connectivity index (χ2n) is 5.08. The summed E-state index contributed by atoms with van der Waals surface area (Å²) in [5.74, 6) is 0. The van der Waals surface area contributed by atoms with Crippen LogP contribution in [0.3, 0.4) is 0 Å². The molecule has 0 aromatic rings. The Hall–Kier alpha value is -0.120. The summed E-state index contributed by atoms with van der Waals surface area (Å²) in [6.45, 7) is 10.8. The highest BCUT2D eigenvalue weighted by Gasteiger charge is 2.40. The van der Waals surface area contributed by atoms with Crippen LogP contribution in [-0.4, -0.2) is 48.8 Å². The van der Waals surface area contributed by atoms with Gasteiger partial charge in [0.2, 0.25) is 0 Å². The molecule has 2 aliphatic rings. The molecule has 0 aliphatic carbocycles. The third-order valence-electron chi connectivity index (χ3n) is 2.94. The first-order valence-electron chi connectivity index (χ1n) is 5.16. The van der Waals surface area contributed by atoms with Gasteiger partial charge in [-0.15, -0.1) is 0 Å². The maximum atomic E-state index is 5.58. The molecule has 2 atom stereocenters. The fraction of sp³-hybridized carbons (Fsp3) is 1.00. The van der Waals surface area contributed by atoms with E-state index in [4.69, 9.17) is 4.74 Å². The molecule has 0 saturated carbocycles. The summed E-state index contributed by atoms with van der Waals surface area (Å²) in [5, 5.41) is 3.47. The van der Waals surface area contributed by atoms with E-state index >= 15 is 0 Å². The lowest BCUT2D eigenvalue weighted by Crippen LogP contribution is -2.68. The summed E-state index contributed by atoms with van der Waals surface area (Å²) < 4.78 is 5.58. The predicted molar refractivity (Wildman–Crippen MR) is 52.9 cm³/mol. The second-order valence-corrected chi connectivity index (χ2v) is 5.08. The highest BCUT2D eigenvalue weighted by Crippen LogP contribution is 2.25. The van der Waals surface area contributed by atoms with E-state index in [1.165, 1.54) is 0 Å². The number of nitrogens with zero attached hydrogens (tertiary/aromatic N) is 1. The fourth-order valence-electron chi connectivity index (χ4n) is 2.63. The maximum Gasteiger partial charge on any atom is 0.0635 e. The van der Waals surface area contributed by atoms with Gasteiger partial charge in [-0.1, -0.05) is 0 Å². The molecule has 2 fully saturated rings. The van der Waals surface area contributed by atoms with Gasteiger partial charge in [0.25, 0.3) is 0 Å². The van der Waals surface area contributed by atoms with Crippen LogP contribution in [0.1, 0.15) is 20.8 Å². The zero-order valence-corrected chi connectivity index (χ0v) is 8.84. The predicted octanol–water partition coefficient (Wildman–Crippen LogP) is 0.457. The molecule has 3 nitrogen and oxygen atoms in total. The van der Waals surface area contributed by atoms with Gasteiger partial charge >= 0.3 is 0 Å². The third-order valence-corrected chi connectivity index (χ3v) is 2.94. The van der Waals surface area contributed by atoms with Crippen molar-refractivity contribution in [2.24, 2.45) is 0 Å². The maximum absolute atomic E-state index is 5.58. The number of ether oxygens (including phenoxy) is 1. The number of piperazine rings is 1. The molecule has 0 aromatic heterocycles. The Morgan fingerprint density at radius 3 is 2.08 bits per heavy atom. The van der Waals surface area contributed by atoms with Crippen molar-refractivity contribution in [3.8, 4) is 0 Å². The molecule has 2 heterocycles. The van der Waals surface area contributed by atoms with Crippen molar-refractivity contribution in [1.82, 2.24) is 10.2 Å². The monoisotopic (exact) mass is 184 g/mol. The molecule has 1 N–H and O–H groups in total. The molecule has 2 saturated heterocycles. The van der Waals surface area contributed by atoms with Gasteiger partial charge in [0.15, 0.2) is 0 Å². The topological polar surface area (TPSA) is 24.5 Å². The molecule has 13 heavy (non-hydrogen) atoms. The van der Waals surface area contributed by atoms with Gasteiger partial charge in [-0.05, 0) is 20.8 Å². The van der Waals surface area contributed by atoms with Crippen LogP contribution in [0, 0.1) is 0 Å². The summed E-state index contributed by atoms with van der Waals surface area (Å²) in [6, 6.07) is 1.15. The quantitative estimate of drug-likeness (QED) is 0.592. The normalized spacial score (nSPS) is 36.2. The van der Waals surface area contributed by atoms with Crippen LogP contribution < -0.4 is 5.32 Å². The number of fused-ring (bicyclic) bond motifs is 2. The van der Waals surface area contributed by atoms with E-state index in [9.17, 15) is 0 Å². The number of nitrogens with one attached hydrogen (secondary N) is 1. The summed E-state index contributed by atoms with van der Waals surface area (Å²) >= 11 is 0. The largest absolute Gasteiger partial charge is 0.378 e. The minimum absolute atomic E-state index is 0.279. The van der Waals surface area contributed by atoms with Crippen molar-refractivity contribution in [3.05, 3.63) is 0 Å². The molecule has 0 aromatic carbocycles. The van der Waals surface area contributed by atoms with Crippen molar-refractivity contribution < 1.29 is 4.74 Å². The van der Waals surface area contributed by atoms with Crippen LogP contribution in [0.5, 0.6) is 0 Å². The molecule has 0 radical (unpaired) electrons. The van der Waals surface area contributed by atoms with Crippen molar-refractivity contribution >= 4 is 0 Å². The fourth-order valence-corrected chi connectivity index (χ4v) is 2.63. The molecule has 0 amide bonds. The van der Waals surface area contributed by atoms with Crippen molar-refractivity contribution in [2.45, 2.75) is 38.4 Å². The summed E-state index contributed by atoms with van der Waals surface area (Å²) in [5.41, 5.74) is 0.279. The zero-order valence-electron chi connectivity index (χ0n) is 8.84. The third kappa shape index (κ3) is 1.73. The second kappa shape index (κ2) is 3.23. The average Bonchev–Trinajstić information content (AvgIpc) is 2.01. The Labute approximate surface area is 80.4 Å². The average molecular weight is 184 g/mol. The van der Waals surface area contributed by atoms with Crippen LogP contribution in [0.2, 0.25) is 0 Å². The van der Waals surface area contributed by atoms with E-state index in [1.54, 1.807) is 0 Å². The van der Waals surface area contributed by atoms with E-state index in [0.29, 0.717) is 12.1 Å². The van der Waals surface area contributed by atoms with E-state index in [2.05, 4.69) is 31.0 Å². The van der Waals surface area contributed by atoms with Gasteiger partial charge in [-0.3, -0.25) is 4.90 Å². The number of rotatable bonds is 0. The smallest absolute Gasteiger partial charge is 0.0635 e. The van der Waals surface area contributed by atoms with E-state index in [-0.39, 0.29) is 5.54 Å². The Balaban J connectivity index is 2.15. The van der Waals surface area contributed by atoms with Gasteiger partial charge in [0.1, 0.15) is 0 Å². The minimum Gasteiger partial charge on any atom is -0.378 e. The molecular formula is C10H20N2O. The van der Waals surface area contributed by atoms with Crippen LogP contribution >= 0.6 is 0 Å². The Kier molecular flexibility index (Phi) is 2.34. The first-order valence-corrected chi connectivity index (χ1v) is 5.16. The van der Waals surface area contributed by atoms with Crippen LogP contribution in [0.25, 0.3) is 0 Å². The van der Waals surface area contributed by atoms with Crippen molar-refractivity contribution in [3.63, 3.8) is 0 Å². The minimum atomic E-state index is 0.279. The van der Waals surface area contributed by atoms with E-state index in [0.717, 1.165) is 26.3 Å². The molecule has 3 heteroatoms. The molecule has 76 valence electrons. The SMILES string of the molecule is CC(C)(C)N1[C@@H]2CNC[C@@H]1COC2.